The number of hydrogen-bond acceptors (Lipinski definition) is 3. The summed E-state index contributed by atoms with van der Waals surface area (Å²) in [6.45, 7) is 0. The van der Waals surface area contributed by atoms with Crippen LogP contribution >= 0.6 is 22.6 Å². The van der Waals surface area contributed by atoms with Gasteiger partial charge in [0.05, 0.1) is 0 Å². The maximum Gasteiger partial charge on any atom is 0.342 e. The standard InChI is InChI=1S/C13H15IO3/c14-9-6-7-12(15)11(8-9)13(16)17-10-4-2-1-3-5-10/h6-8,10,15H,1-5H2. The molecule has 1 aliphatic carbocycles. The van der Waals surface area contributed by atoms with Gasteiger partial charge in [0, 0.05) is 3.57 Å². The molecule has 4 heteroatoms. The minimum Gasteiger partial charge on any atom is -0.507 e. The normalized spacial score (nSPS) is 16.8. The number of carbonyl (C=O) groups excluding carboxylic acids is 1. The maximum absolute atomic E-state index is 11.9. The van der Waals surface area contributed by atoms with Crippen LogP contribution in [0.2, 0.25) is 0 Å². The van der Waals surface area contributed by atoms with Crippen molar-refractivity contribution in [1.82, 2.24) is 0 Å². The maximum atomic E-state index is 11.9. The van der Waals surface area contributed by atoms with Gasteiger partial charge in [0.15, 0.2) is 0 Å². The highest BCUT2D eigenvalue weighted by Crippen LogP contribution is 2.25. The molecule has 0 spiro atoms. The molecule has 0 saturated heterocycles. The van der Waals surface area contributed by atoms with E-state index in [4.69, 9.17) is 4.74 Å². The zero-order valence-corrected chi connectivity index (χ0v) is 11.6. The van der Waals surface area contributed by atoms with Gasteiger partial charge in [-0.25, -0.2) is 4.79 Å². The largest absolute Gasteiger partial charge is 0.507 e. The van der Waals surface area contributed by atoms with Gasteiger partial charge in [0.25, 0.3) is 0 Å². The van der Waals surface area contributed by atoms with E-state index in [0.29, 0.717) is 0 Å². The summed E-state index contributed by atoms with van der Waals surface area (Å²) in [5.41, 5.74) is 0.266. The Morgan fingerprint density at radius 2 is 2.00 bits per heavy atom. The Hall–Kier alpha value is -0.780. The van der Waals surface area contributed by atoms with E-state index in [-0.39, 0.29) is 17.4 Å². The molecule has 0 amide bonds. The number of rotatable bonds is 2. The molecule has 1 saturated carbocycles. The second-order valence-corrected chi connectivity index (χ2v) is 5.57. The molecule has 0 aromatic heterocycles. The van der Waals surface area contributed by atoms with Crippen LogP contribution < -0.4 is 0 Å². The summed E-state index contributed by atoms with van der Waals surface area (Å²) in [6.07, 6.45) is 5.37. The number of carbonyl (C=O) groups is 1. The van der Waals surface area contributed by atoms with Crippen LogP contribution in [0.15, 0.2) is 18.2 Å². The molecule has 0 atom stereocenters. The van der Waals surface area contributed by atoms with Crippen molar-refractivity contribution in [3.8, 4) is 5.75 Å². The first-order chi connectivity index (χ1) is 8.16. The zero-order valence-electron chi connectivity index (χ0n) is 9.49. The van der Waals surface area contributed by atoms with Crippen LogP contribution in [0.1, 0.15) is 42.5 Å². The molecule has 0 aliphatic heterocycles. The fraction of sp³-hybridized carbons (Fsp3) is 0.462. The van der Waals surface area contributed by atoms with Crippen molar-refractivity contribution in [2.24, 2.45) is 0 Å². The summed E-state index contributed by atoms with van der Waals surface area (Å²) in [6, 6.07) is 4.94. The zero-order chi connectivity index (χ0) is 12.3. The molecule has 1 N–H and O–H groups in total. The predicted octanol–water partition coefficient (Wildman–Crippen LogP) is 3.49. The van der Waals surface area contributed by atoms with Gasteiger partial charge in [-0.3, -0.25) is 0 Å². The van der Waals surface area contributed by atoms with Gasteiger partial charge in [-0.05, 0) is 66.5 Å². The molecule has 92 valence electrons. The lowest BCUT2D eigenvalue weighted by Gasteiger charge is -2.21. The number of phenolic OH excluding ortho intramolecular Hbond substituents is 1. The van der Waals surface area contributed by atoms with Crippen molar-refractivity contribution in [2.75, 3.05) is 0 Å². The van der Waals surface area contributed by atoms with Gasteiger partial charge >= 0.3 is 5.97 Å². The van der Waals surface area contributed by atoms with E-state index < -0.39 is 5.97 Å². The van der Waals surface area contributed by atoms with Gasteiger partial charge in [0.2, 0.25) is 0 Å². The van der Waals surface area contributed by atoms with Crippen LogP contribution in [-0.4, -0.2) is 17.2 Å². The summed E-state index contributed by atoms with van der Waals surface area (Å²) in [4.78, 5) is 11.9. The molecule has 0 radical (unpaired) electrons. The van der Waals surface area contributed by atoms with Gasteiger partial charge < -0.3 is 9.84 Å². The van der Waals surface area contributed by atoms with E-state index in [1.54, 1.807) is 12.1 Å². The Kier molecular flexibility index (Phi) is 4.25. The quantitative estimate of drug-likeness (QED) is 0.659. The average Bonchev–Trinajstić information content (AvgIpc) is 2.33. The summed E-state index contributed by atoms with van der Waals surface area (Å²) in [7, 11) is 0. The molecular weight excluding hydrogens is 331 g/mol. The second kappa shape index (κ2) is 5.71. The van der Waals surface area contributed by atoms with Crippen molar-refractivity contribution < 1.29 is 14.6 Å². The highest BCUT2D eigenvalue weighted by molar-refractivity contribution is 14.1. The van der Waals surface area contributed by atoms with E-state index >= 15 is 0 Å². The molecule has 1 fully saturated rings. The molecule has 3 nitrogen and oxygen atoms in total. The summed E-state index contributed by atoms with van der Waals surface area (Å²) < 4.78 is 6.32. The predicted molar refractivity (Wildman–Crippen MR) is 73.1 cm³/mol. The van der Waals surface area contributed by atoms with Crippen LogP contribution in [-0.2, 0) is 4.74 Å². The highest BCUT2D eigenvalue weighted by Gasteiger charge is 2.20. The molecule has 1 aromatic rings. The van der Waals surface area contributed by atoms with Crippen molar-refractivity contribution in [2.45, 2.75) is 38.2 Å². The topological polar surface area (TPSA) is 46.5 Å². The lowest BCUT2D eigenvalue weighted by atomic mass is 9.98. The molecule has 2 rings (SSSR count). The van der Waals surface area contributed by atoms with E-state index in [1.807, 2.05) is 0 Å². The summed E-state index contributed by atoms with van der Waals surface area (Å²) >= 11 is 2.11. The monoisotopic (exact) mass is 346 g/mol. The van der Waals surface area contributed by atoms with Gasteiger partial charge in [0.1, 0.15) is 17.4 Å². The lowest BCUT2D eigenvalue weighted by molar-refractivity contribution is 0.0208. The van der Waals surface area contributed by atoms with Gasteiger partial charge in [-0.1, -0.05) is 6.42 Å². The highest BCUT2D eigenvalue weighted by atomic mass is 127. The lowest BCUT2D eigenvalue weighted by Crippen LogP contribution is -2.21. The Balaban J connectivity index is 2.05. The first-order valence-electron chi connectivity index (χ1n) is 5.86. The van der Waals surface area contributed by atoms with Crippen LogP contribution in [0, 0.1) is 3.57 Å². The van der Waals surface area contributed by atoms with Crippen LogP contribution in [0.25, 0.3) is 0 Å². The van der Waals surface area contributed by atoms with Crippen LogP contribution in [0.3, 0.4) is 0 Å². The Morgan fingerprint density at radius 3 is 2.71 bits per heavy atom. The number of halogens is 1. The number of esters is 1. The van der Waals surface area contributed by atoms with Crippen molar-refractivity contribution in [3.05, 3.63) is 27.3 Å². The fourth-order valence-corrected chi connectivity index (χ4v) is 2.56. The number of ether oxygens (including phenoxy) is 1. The van der Waals surface area contributed by atoms with E-state index in [2.05, 4.69) is 22.6 Å². The molecule has 0 bridgehead atoms. The third-order valence-corrected chi connectivity index (χ3v) is 3.68. The van der Waals surface area contributed by atoms with Gasteiger partial charge in [-0.2, -0.15) is 0 Å². The third-order valence-electron chi connectivity index (χ3n) is 3.00. The molecular formula is C13H15IO3. The Morgan fingerprint density at radius 1 is 1.29 bits per heavy atom. The number of aromatic hydroxyl groups is 1. The molecule has 1 aromatic carbocycles. The molecule has 1 aliphatic rings. The van der Waals surface area contributed by atoms with Crippen molar-refractivity contribution >= 4 is 28.6 Å². The Bertz CT molecular complexity index is 411. The summed E-state index contributed by atoms with van der Waals surface area (Å²) in [5, 5.41) is 9.63. The third kappa shape index (κ3) is 3.34. The Labute approximate surface area is 114 Å². The van der Waals surface area contributed by atoms with E-state index in [0.717, 1.165) is 29.3 Å². The first kappa shape index (κ1) is 12.7. The van der Waals surface area contributed by atoms with E-state index in [1.165, 1.54) is 12.5 Å². The minimum atomic E-state index is -0.409. The fourth-order valence-electron chi connectivity index (χ4n) is 2.07. The van der Waals surface area contributed by atoms with Gasteiger partial charge in [-0.15, -0.1) is 0 Å². The van der Waals surface area contributed by atoms with Crippen molar-refractivity contribution in [1.29, 1.82) is 0 Å². The van der Waals surface area contributed by atoms with Crippen LogP contribution in [0.5, 0.6) is 5.75 Å². The molecule has 17 heavy (non-hydrogen) atoms. The second-order valence-electron chi connectivity index (χ2n) is 4.33. The van der Waals surface area contributed by atoms with E-state index in [9.17, 15) is 9.90 Å². The average molecular weight is 346 g/mol. The SMILES string of the molecule is O=C(OC1CCCCC1)c1cc(I)ccc1O. The number of benzene rings is 1. The minimum absolute atomic E-state index is 0.00812. The van der Waals surface area contributed by atoms with Crippen molar-refractivity contribution in [3.63, 3.8) is 0 Å². The smallest absolute Gasteiger partial charge is 0.342 e. The molecule has 0 heterocycles. The van der Waals surface area contributed by atoms with Crippen LogP contribution in [0.4, 0.5) is 0 Å². The first-order valence-corrected chi connectivity index (χ1v) is 6.94. The number of hydrogen-bond donors (Lipinski definition) is 1. The summed E-state index contributed by atoms with van der Waals surface area (Å²) in [5.74, 6) is -0.417. The molecule has 0 unspecified atom stereocenters. The number of phenols is 1.